The van der Waals surface area contributed by atoms with Crippen molar-refractivity contribution >= 4 is 11.9 Å². The first-order valence-electron chi connectivity index (χ1n) is 3.84. The maximum atomic E-state index is 10.9. The molecule has 4 heteroatoms. The fraction of sp³-hybridized carbons (Fsp3) is 0.750. The second-order valence-corrected chi connectivity index (χ2v) is 2.91. The summed E-state index contributed by atoms with van der Waals surface area (Å²) in [6, 6.07) is 0. The Balaban J connectivity index is 2.28. The first-order chi connectivity index (χ1) is 5.69. The van der Waals surface area contributed by atoms with Gasteiger partial charge in [-0.25, -0.2) is 0 Å². The molecule has 0 radical (unpaired) electrons. The molecule has 0 N–H and O–H groups in total. The van der Waals surface area contributed by atoms with Crippen molar-refractivity contribution < 1.29 is 19.1 Å². The van der Waals surface area contributed by atoms with Gasteiger partial charge in [0.25, 0.3) is 0 Å². The Bertz CT molecular complexity index is 173. The highest BCUT2D eigenvalue weighted by Gasteiger charge is 2.39. The van der Waals surface area contributed by atoms with E-state index in [1.807, 2.05) is 0 Å². The molecular formula is C8H12O4. The topological polar surface area (TPSA) is 52.6 Å². The normalized spacial score (nSPS) is 27.2. The minimum absolute atomic E-state index is 0.0981. The van der Waals surface area contributed by atoms with E-state index in [0.717, 1.165) is 0 Å². The molecule has 0 amide bonds. The summed E-state index contributed by atoms with van der Waals surface area (Å²) in [5.41, 5.74) is 0. The number of hydrogen-bond acceptors (Lipinski definition) is 4. The molecule has 0 aliphatic heterocycles. The maximum absolute atomic E-state index is 10.9. The minimum atomic E-state index is -0.227. The number of carbonyl (C=O) groups is 2. The van der Waals surface area contributed by atoms with Crippen LogP contribution in [0.15, 0.2) is 0 Å². The van der Waals surface area contributed by atoms with E-state index in [1.54, 1.807) is 0 Å². The van der Waals surface area contributed by atoms with E-state index in [4.69, 9.17) is 0 Å². The van der Waals surface area contributed by atoms with Gasteiger partial charge in [-0.05, 0) is 12.8 Å². The Morgan fingerprint density at radius 3 is 1.58 bits per heavy atom. The van der Waals surface area contributed by atoms with Gasteiger partial charge in [-0.1, -0.05) is 0 Å². The van der Waals surface area contributed by atoms with Gasteiger partial charge in [0.15, 0.2) is 0 Å². The number of methoxy groups -OCH3 is 2. The van der Waals surface area contributed by atoms with Crippen LogP contribution in [-0.4, -0.2) is 26.2 Å². The molecule has 1 rings (SSSR count). The molecule has 12 heavy (non-hydrogen) atoms. The molecule has 0 unspecified atom stereocenters. The quantitative estimate of drug-likeness (QED) is 0.564. The third-order valence-corrected chi connectivity index (χ3v) is 2.21. The van der Waals surface area contributed by atoms with Crippen LogP contribution in [0.25, 0.3) is 0 Å². The average Bonchev–Trinajstić information content (AvgIpc) is 2.01. The Morgan fingerprint density at radius 1 is 1.00 bits per heavy atom. The summed E-state index contributed by atoms with van der Waals surface area (Å²) in [7, 11) is 2.71. The third-order valence-electron chi connectivity index (χ3n) is 2.21. The second-order valence-electron chi connectivity index (χ2n) is 2.91. The SMILES string of the molecule is COC(=O)C1CC(C(=O)OC)C1. The molecule has 0 aromatic rings. The van der Waals surface area contributed by atoms with Crippen LogP contribution in [0.4, 0.5) is 0 Å². The summed E-state index contributed by atoms with van der Waals surface area (Å²) >= 11 is 0. The van der Waals surface area contributed by atoms with Crippen LogP contribution in [-0.2, 0) is 19.1 Å². The van der Waals surface area contributed by atoms with E-state index >= 15 is 0 Å². The van der Waals surface area contributed by atoms with Gasteiger partial charge in [0.2, 0.25) is 0 Å². The van der Waals surface area contributed by atoms with Crippen LogP contribution < -0.4 is 0 Å². The predicted octanol–water partition coefficient (Wildman–Crippen LogP) is 0.359. The van der Waals surface area contributed by atoms with Crippen LogP contribution >= 0.6 is 0 Å². The monoisotopic (exact) mass is 172 g/mol. The molecule has 0 spiro atoms. The predicted molar refractivity (Wildman–Crippen MR) is 40.2 cm³/mol. The Kier molecular flexibility index (Phi) is 2.68. The molecule has 0 bridgehead atoms. The summed E-state index contributed by atoms with van der Waals surface area (Å²) in [5.74, 6) is -0.650. The standard InChI is InChI=1S/C8H12O4/c1-11-7(9)5-3-6(4-5)8(10)12-2/h5-6H,3-4H2,1-2H3. The van der Waals surface area contributed by atoms with E-state index in [2.05, 4.69) is 9.47 Å². The lowest BCUT2D eigenvalue weighted by atomic mass is 9.75. The fourth-order valence-electron chi connectivity index (χ4n) is 1.34. The van der Waals surface area contributed by atoms with Crippen molar-refractivity contribution in [3.8, 4) is 0 Å². The van der Waals surface area contributed by atoms with Gasteiger partial charge in [-0.2, -0.15) is 0 Å². The number of carbonyl (C=O) groups excluding carboxylic acids is 2. The summed E-state index contributed by atoms with van der Waals surface area (Å²) in [4.78, 5) is 21.8. The van der Waals surface area contributed by atoms with Crippen molar-refractivity contribution in [2.24, 2.45) is 11.8 Å². The lowest BCUT2D eigenvalue weighted by Crippen LogP contribution is -2.36. The van der Waals surface area contributed by atoms with Gasteiger partial charge in [0.05, 0.1) is 26.1 Å². The fourth-order valence-corrected chi connectivity index (χ4v) is 1.34. The molecule has 1 saturated carbocycles. The molecule has 1 fully saturated rings. The van der Waals surface area contributed by atoms with Crippen LogP contribution in [0.2, 0.25) is 0 Å². The Morgan fingerprint density at radius 2 is 1.33 bits per heavy atom. The smallest absolute Gasteiger partial charge is 0.308 e. The van der Waals surface area contributed by atoms with Crippen LogP contribution in [0.1, 0.15) is 12.8 Å². The maximum Gasteiger partial charge on any atom is 0.308 e. The zero-order valence-corrected chi connectivity index (χ0v) is 7.20. The van der Waals surface area contributed by atoms with Crippen molar-refractivity contribution in [3.63, 3.8) is 0 Å². The highest BCUT2D eigenvalue weighted by atomic mass is 16.5. The molecule has 1 aliphatic rings. The van der Waals surface area contributed by atoms with E-state index in [0.29, 0.717) is 12.8 Å². The lowest BCUT2D eigenvalue weighted by Gasteiger charge is -2.30. The zero-order chi connectivity index (χ0) is 9.14. The van der Waals surface area contributed by atoms with E-state index in [9.17, 15) is 9.59 Å². The Labute approximate surface area is 70.8 Å². The van der Waals surface area contributed by atoms with E-state index < -0.39 is 0 Å². The van der Waals surface area contributed by atoms with Crippen molar-refractivity contribution in [2.75, 3.05) is 14.2 Å². The van der Waals surface area contributed by atoms with Gasteiger partial charge in [0, 0.05) is 0 Å². The highest BCUT2D eigenvalue weighted by Crippen LogP contribution is 2.35. The summed E-state index contributed by atoms with van der Waals surface area (Å²) in [5, 5.41) is 0. The third kappa shape index (κ3) is 1.57. The van der Waals surface area contributed by atoms with Crippen molar-refractivity contribution in [1.29, 1.82) is 0 Å². The van der Waals surface area contributed by atoms with Gasteiger partial charge < -0.3 is 9.47 Å². The van der Waals surface area contributed by atoms with Gasteiger partial charge >= 0.3 is 11.9 Å². The van der Waals surface area contributed by atoms with E-state index in [-0.39, 0.29) is 23.8 Å². The first-order valence-corrected chi connectivity index (χ1v) is 3.84. The molecule has 0 atom stereocenters. The van der Waals surface area contributed by atoms with Crippen LogP contribution in [0.3, 0.4) is 0 Å². The summed E-state index contributed by atoms with van der Waals surface area (Å²) in [6.07, 6.45) is 1.14. The van der Waals surface area contributed by atoms with E-state index in [1.165, 1.54) is 14.2 Å². The first kappa shape index (κ1) is 9.03. The molecule has 1 aliphatic carbocycles. The molecule has 68 valence electrons. The molecule has 0 aromatic carbocycles. The van der Waals surface area contributed by atoms with Crippen LogP contribution in [0.5, 0.6) is 0 Å². The van der Waals surface area contributed by atoms with Crippen molar-refractivity contribution in [2.45, 2.75) is 12.8 Å². The average molecular weight is 172 g/mol. The molecule has 0 saturated heterocycles. The van der Waals surface area contributed by atoms with Crippen LogP contribution in [0, 0.1) is 11.8 Å². The molecule has 0 heterocycles. The van der Waals surface area contributed by atoms with Crippen molar-refractivity contribution in [3.05, 3.63) is 0 Å². The van der Waals surface area contributed by atoms with Gasteiger partial charge in [-0.15, -0.1) is 0 Å². The van der Waals surface area contributed by atoms with Gasteiger partial charge in [-0.3, -0.25) is 9.59 Å². The second kappa shape index (κ2) is 3.56. The molecule has 4 nitrogen and oxygen atoms in total. The molecular weight excluding hydrogens is 160 g/mol. The lowest BCUT2D eigenvalue weighted by molar-refractivity contribution is -0.158. The van der Waals surface area contributed by atoms with Crippen molar-refractivity contribution in [1.82, 2.24) is 0 Å². The largest absolute Gasteiger partial charge is 0.469 e. The number of rotatable bonds is 2. The number of hydrogen-bond donors (Lipinski definition) is 0. The molecule has 0 aromatic heterocycles. The zero-order valence-electron chi connectivity index (χ0n) is 7.20. The highest BCUT2D eigenvalue weighted by molar-refractivity contribution is 5.79. The summed E-state index contributed by atoms with van der Waals surface area (Å²) < 4.78 is 9.05. The number of esters is 2. The minimum Gasteiger partial charge on any atom is -0.469 e. The van der Waals surface area contributed by atoms with Gasteiger partial charge in [0.1, 0.15) is 0 Å². The Hall–Kier alpha value is -1.06. The summed E-state index contributed by atoms with van der Waals surface area (Å²) in [6.45, 7) is 0. The number of ether oxygens (including phenoxy) is 2.